The van der Waals surface area contributed by atoms with E-state index in [-0.39, 0.29) is 16.6 Å². The molecule has 1 rings (SSSR count). The molecule has 0 aliphatic rings. The quantitative estimate of drug-likeness (QED) is 0.637. The number of esters is 1. The van der Waals surface area contributed by atoms with Crippen molar-refractivity contribution in [3.8, 4) is 0 Å². The van der Waals surface area contributed by atoms with Crippen LogP contribution in [-0.2, 0) is 15.7 Å². The first-order valence-corrected chi connectivity index (χ1v) is 6.76. The molecular weight excluding hydrogens is 378 g/mol. The summed E-state index contributed by atoms with van der Waals surface area (Å²) in [6, 6.07) is 3.05. The van der Waals surface area contributed by atoms with Gasteiger partial charge in [-0.05, 0) is 18.2 Å². The number of rotatable bonds is 4. The van der Waals surface area contributed by atoms with E-state index in [9.17, 15) is 22.8 Å². The average Bonchev–Trinajstić information content (AvgIpc) is 2.42. The van der Waals surface area contributed by atoms with Crippen molar-refractivity contribution in [3.63, 3.8) is 0 Å². The van der Waals surface area contributed by atoms with E-state index in [2.05, 4.69) is 26.0 Å². The predicted molar refractivity (Wildman–Crippen MR) is 73.1 cm³/mol. The molecule has 116 valence electrons. The SMILES string of the molecule is COC(=O)C(Cl)CNC(=O)c1ccc(Br)c(C(F)(F)F)c1. The average molecular weight is 389 g/mol. The van der Waals surface area contributed by atoms with Gasteiger partial charge in [-0.2, -0.15) is 13.2 Å². The second kappa shape index (κ2) is 7.13. The largest absolute Gasteiger partial charge is 0.468 e. The summed E-state index contributed by atoms with van der Waals surface area (Å²) in [6.07, 6.45) is -4.59. The van der Waals surface area contributed by atoms with Crippen LogP contribution in [-0.4, -0.2) is 30.9 Å². The van der Waals surface area contributed by atoms with E-state index in [0.29, 0.717) is 6.07 Å². The third-order valence-electron chi connectivity index (χ3n) is 2.43. The molecule has 4 nitrogen and oxygen atoms in total. The summed E-state index contributed by atoms with van der Waals surface area (Å²) < 4.78 is 42.3. The lowest BCUT2D eigenvalue weighted by Crippen LogP contribution is -2.34. The molecular formula is C12H10BrClF3NO3. The van der Waals surface area contributed by atoms with Crippen LogP contribution < -0.4 is 5.32 Å². The summed E-state index contributed by atoms with van der Waals surface area (Å²) in [7, 11) is 1.13. The van der Waals surface area contributed by atoms with Crippen LogP contribution in [0.2, 0.25) is 0 Å². The molecule has 0 aliphatic heterocycles. The van der Waals surface area contributed by atoms with Crippen LogP contribution in [0.25, 0.3) is 0 Å². The van der Waals surface area contributed by atoms with E-state index in [4.69, 9.17) is 11.6 Å². The van der Waals surface area contributed by atoms with E-state index in [1.165, 1.54) is 6.07 Å². The van der Waals surface area contributed by atoms with Gasteiger partial charge in [0.1, 0.15) is 5.38 Å². The molecule has 0 spiro atoms. The highest BCUT2D eigenvalue weighted by Crippen LogP contribution is 2.35. The zero-order valence-electron chi connectivity index (χ0n) is 10.6. The third-order valence-corrected chi connectivity index (χ3v) is 3.46. The Hall–Kier alpha value is -1.28. The number of amides is 1. The first-order chi connectivity index (χ1) is 9.66. The molecule has 1 amide bonds. The summed E-state index contributed by atoms with van der Waals surface area (Å²) in [5, 5.41) is 1.14. The monoisotopic (exact) mass is 387 g/mol. The maximum atomic E-state index is 12.7. The molecule has 0 fully saturated rings. The number of benzene rings is 1. The molecule has 0 aromatic heterocycles. The van der Waals surface area contributed by atoms with E-state index in [1.54, 1.807) is 0 Å². The van der Waals surface area contributed by atoms with Crippen molar-refractivity contribution < 1.29 is 27.5 Å². The predicted octanol–water partition coefficient (Wildman–Crippen LogP) is 2.98. The Kier molecular flexibility index (Phi) is 6.03. The topological polar surface area (TPSA) is 55.4 Å². The first-order valence-electron chi connectivity index (χ1n) is 5.53. The Balaban J connectivity index is 2.82. The molecule has 1 aromatic rings. The number of hydrogen-bond donors (Lipinski definition) is 1. The van der Waals surface area contributed by atoms with Crippen LogP contribution in [0.15, 0.2) is 22.7 Å². The minimum absolute atomic E-state index is 0.170. The van der Waals surface area contributed by atoms with Crippen LogP contribution >= 0.6 is 27.5 Å². The Labute approximate surface area is 131 Å². The van der Waals surface area contributed by atoms with Gasteiger partial charge in [0.2, 0.25) is 0 Å². The molecule has 21 heavy (non-hydrogen) atoms. The Morgan fingerprint density at radius 1 is 1.43 bits per heavy atom. The fourth-order valence-corrected chi connectivity index (χ4v) is 2.02. The smallest absolute Gasteiger partial charge is 0.417 e. The lowest BCUT2D eigenvalue weighted by molar-refractivity contribution is -0.140. The Morgan fingerprint density at radius 3 is 2.57 bits per heavy atom. The standard InChI is InChI=1S/C12H10BrClF3NO3/c1-21-11(20)9(14)5-18-10(19)6-2-3-8(13)7(4-6)12(15,16)17/h2-4,9H,5H2,1H3,(H,18,19). The minimum atomic E-state index is -4.59. The molecule has 0 aliphatic carbocycles. The van der Waals surface area contributed by atoms with Gasteiger partial charge in [-0.1, -0.05) is 15.9 Å². The van der Waals surface area contributed by atoms with E-state index in [0.717, 1.165) is 13.2 Å². The Bertz CT molecular complexity index is 551. The van der Waals surface area contributed by atoms with E-state index >= 15 is 0 Å². The number of carbonyl (C=O) groups is 2. The summed E-state index contributed by atoms with van der Waals surface area (Å²) in [5.41, 5.74) is -1.16. The summed E-state index contributed by atoms with van der Waals surface area (Å²) >= 11 is 8.39. The van der Waals surface area contributed by atoms with Crippen molar-refractivity contribution >= 4 is 39.4 Å². The fourth-order valence-electron chi connectivity index (χ4n) is 1.38. The fraction of sp³-hybridized carbons (Fsp3) is 0.333. The molecule has 0 radical (unpaired) electrons. The van der Waals surface area contributed by atoms with Crippen LogP contribution in [0.4, 0.5) is 13.2 Å². The minimum Gasteiger partial charge on any atom is -0.468 e. The molecule has 1 atom stereocenters. The number of hydrogen-bond acceptors (Lipinski definition) is 3. The number of halogens is 5. The number of methoxy groups -OCH3 is 1. The van der Waals surface area contributed by atoms with Gasteiger partial charge >= 0.3 is 12.1 Å². The second-order valence-electron chi connectivity index (χ2n) is 3.89. The molecule has 1 N–H and O–H groups in total. The first kappa shape index (κ1) is 17.8. The maximum Gasteiger partial charge on any atom is 0.417 e. The number of carbonyl (C=O) groups excluding carboxylic acids is 2. The van der Waals surface area contributed by atoms with Crippen molar-refractivity contribution in [3.05, 3.63) is 33.8 Å². The van der Waals surface area contributed by atoms with Crippen molar-refractivity contribution in [2.24, 2.45) is 0 Å². The van der Waals surface area contributed by atoms with Gasteiger partial charge in [0.15, 0.2) is 0 Å². The van der Waals surface area contributed by atoms with E-state index < -0.39 is 29.0 Å². The van der Waals surface area contributed by atoms with Crippen molar-refractivity contribution in [1.29, 1.82) is 0 Å². The number of ether oxygens (including phenoxy) is 1. The van der Waals surface area contributed by atoms with Crippen molar-refractivity contribution in [2.45, 2.75) is 11.6 Å². The molecule has 0 bridgehead atoms. The highest BCUT2D eigenvalue weighted by molar-refractivity contribution is 9.10. The Morgan fingerprint density at radius 2 is 2.05 bits per heavy atom. The van der Waals surface area contributed by atoms with Gasteiger partial charge in [-0.15, -0.1) is 11.6 Å². The molecule has 9 heteroatoms. The normalized spacial score (nSPS) is 12.7. The summed E-state index contributed by atoms with van der Waals surface area (Å²) in [6.45, 7) is -0.259. The van der Waals surface area contributed by atoms with Crippen molar-refractivity contribution in [2.75, 3.05) is 13.7 Å². The summed E-state index contributed by atoms with van der Waals surface area (Å²) in [5.74, 6) is -1.52. The highest BCUT2D eigenvalue weighted by Gasteiger charge is 2.33. The molecule has 0 saturated heterocycles. The second-order valence-corrected chi connectivity index (χ2v) is 5.27. The van der Waals surface area contributed by atoms with Gasteiger partial charge in [-0.25, -0.2) is 0 Å². The van der Waals surface area contributed by atoms with E-state index in [1.807, 2.05) is 0 Å². The zero-order valence-corrected chi connectivity index (χ0v) is 13.0. The molecule has 1 aromatic carbocycles. The van der Waals surface area contributed by atoms with Gasteiger partial charge < -0.3 is 10.1 Å². The van der Waals surface area contributed by atoms with Gasteiger partial charge in [0, 0.05) is 16.6 Å². The van der Waals surface area contributed by atoms with Crippen LogP contribution in [0.3, 0.4) is 0 Å². The molecule has 0 saturated carbocycles. The zero-order chi connectivity index (χ0) is 16.2. The number of nitrogens with one attached hydrogen (secondary N) is 1. The third kappa shape index (κ3) is 4.89. The van der Waals surface area contributed by atoms with Crippen LogP contribution in [0, 0.1) is 0 Å². The number of alkyl halides is 4. The maximum absolute atomic E-state index is 12.7. The lowest BCUT2D eigenvalue weighted by atomic mass is 10.1. The van der Waals surface area contributed by atoms with Crippen molar-refractivity contribution in [1.82, 2.24) is 5.32 Å². The lowest BCUT2D eigenvalue weighted by Gasteiger charge is -2.12. The highest BCUT2D eigenvalue weighted by atomic mass is 79.9. The molecule has 0 heterocycles. The summed E-state index contributed by atoms with van der Waals surface area (Å²) in [4.78, 5) is 22.8. The van der Waals surface area contributed by atoms with Gasteiger partial charge in [0.25, 0.3) is 5.91 Å². The van der Waals surface area contributed by atoms with Crippen LogP contribution in [0.1, 0.15) is 15.9 Å². The van der Waals surface area contributed by atoms with Gasteiger partial charge in [0.05, 0.1) is 12.7 Å². The molecule has 1 unspecified atom stereocenters. The van der Waals surface area contributed by atoms with Gasteiger partial charge in [-0.3, -0.25) is 9.59 Å². The van der Waals surface area contributed by atoms with Crippen LogP contribution in [0.5, 0.6) is 0 Å².